The van der Waals surface area contributed by atoms with Gasteiger partial charge in [0.2, 0.25) is 0 Å². The third kappa shape index (κ3) is 4.11. The first kappa shape index (κ1) is 14.2. The molecule has 5 heteroatoms. The molecule has 108 valence electrons. The summed E-state index contributed by atoms with van der Waals surface area (Å²) in [7, 11) is 0. The van der Waals surface area contributed by atoms with Crippen LogP contribution in [0.1, 0.15) is 51.9 Å². The van der Waals surface area contributed by atoms with E-state index in [0.717, 1.165) is 32.4 Å². The summed E-state index contributed by atoms with van der Waals surface area (Å²) in [5, 5.41) is 11.8. The van der Waals surface area contributed by atoms with Gasteiger partial charge in [-0.25, -0.2) is 4.79 Å². The lowest BCUT2D eigenvalue weighted by Crippen LogP contribution is -2.49. The monoisotopic (exact) mass is 268 g/mol. The molecule has 0 radical (unpaired) electrons. The molecular weight excluding hydrogens is 244 g/mol. The van der Waals surface area contributed by atoms with Gasteiger partial charge in [-0.2, -0.15) is 0 Å². The molecule has 1 saturated heterocycles. The van der Waals surface area contributed by atoms with E-state index in [1.54, 1.807) is 0 Å². The third-order valence-electron chi connectivity index (χ3n) is 4.35. The molecule has 5 nitrogen and oxygen atoms in total. The van der Waals surface area contributed by atoms with Crippen molar-refractivity contribution in [3.05, 3.63) is 0 Å². The van der Waals surface area contributed by atoms with Gasteiger partial charge in [0, 0.05) is 25.6 Å². The number of nitrogens with one attached hydrogen (secondary N) is 1. The average Bonchev–Trinajstić information content (AvgIpc) is 3.12. The predicted molar refractivity (Wildman–Crippen MR) is 72.0 cm³/mol. The zero-order valence-corrected chi connectivity index (χ0v) is 11.7. The summed E-state index contributed by atoms with van der Waals surface area (Å²) in [4.78, 5) is 24.7. The Morgan fingerprint density at radius 1 is 1.37 bits per heavy atom. The van der Waals surface area contributed by atoms with Gasteiger partial charge in [0.25, 0.3) is 0 Å². The molecule has 1 aliphatic carbocycles. The molecule has 1 aliphatic heterocycles. The SMILES string of the molecule is CC1(CNC(=O)N2CCCCC2CCC(=O)O)CC1. The van der Waals surface area contributed by atoms with Gasteiger partial charge in [-0.1, -0.05) is 6.92 Å². The average molecular weight is 268 g/mol. The molecule has 1 atom stereocenters. The molecule has 0 bridgehead atoms. The van der Waals surface area contributed by atoms with E-state index in [-0.39, 0.29) is 18.5 Å². The highest BCUT2D eigenvalue weighted by Crippen LogP contribution is 2.44. The summed E-state index contributed by atoms with van der Waals surface area (Å²) in [5.74, 6) is -0.781. The second kappa shape index (κ2) is 5.80. The van der Waals surface area contributed by atoms with E-state index in [0.29, 0.717) is 11.8 Å². The Balaban J connectivity index is 1.82. The molecule has 0 aromatic heterocycles. The molecule has 1 saturated carbocycles. The van der Waals surface area contributed by atoms with E-state index in [4.69, 9.17) is 5.11 Å². The number of rotatable bonds is 5. The van der Waals surface area contributed by atoms with Gasteiger partial charge in [0.1, 0.15) is 0 Å². The van der Waals surface area contributed by atoms with Crippen LogP contribution >= 0.6 is 0 Å². The smallest absolute Gasteiger partial charge is 0.317 e. The summed E-state index contributed by atoms with van der Waals surface area (Å²) in [6.07, 6.45) is 6.13. The zero-order valence-electron chi connectivity index (χ0n) is 11.7. The minimum atomic E-state index is -0.781. The highest BCUT2D eigenvalue weighted by molar-refractivity contribution is 5.75. The molecule has 0 aromatic rings. The van der Waals surface area contributed by atoms with Gasteiger partial charge in [-0.15, -0.1) is 0 Å². The second-order valence-corrected chi connectivity index (χ2v) is 6.24. The number of hydrogen-bond donors (Lipinski definition) is 2. The number of amides is 2. The van der Waals surface area contributed by atoms with Crippen LogP contribution in [0.15, 0.2) is 0 Å². The number of piperidine rings is 1. The van der Waals surface area contributed by atoms with Crippen molar-refractivity contribution in [3.63, 3.8) is 0 Å². The van der Waals surface area contributed by atoms with Gasteiger partial charge in [0.15, 0.2) is 0 Å². The lowest BCUT2D eigenvalue weighted by molar-refractivity contribution is -0.137. The van der Waals surface area contributed by atoms with Crippen LogP contribution in [-0.2, 0) is 4.79 Å². The molecule has 2 N–H and O–H groups in total. The predicted octanol–water partition coefficient (Wildman–Crippen LogP) is 2.22. The molecule has 1 unspecified atom stereocenters. The topological polar surface area (TPSA) is 69.6 Å². The quantitative estimate of drug-likeness (QED) is 0.803. The van der Waals surface area contributed by atoms with Crippen LogP contribution in [0.3, 0.4) is 0 Å². The normalized spacial score (nSPS) is 24.9. The minimum absolute atomic E-state index is 0.0109. The van der Waals surface area contributed by atoms with Crippen LogP contribution in [0.4, 0.5) is 4.79 Å². The fourth-order valence-corrected chi connectivity index (χ4v) is 2.64. The lowest BCUT2D eigenvalue weighted by Gasteiger charge is -2.36. The first-order valence-electron chi connectivity index (χ1n) is 7.26. The highest BCUT2D eigenvalue weighted by Gasteiger charge is 2.38. The molecule has 1 heterocycles. The summed E-state index contributed by atoms with van der Waals surface area (Å²) >= 11 is 0. The first-order valence-corrected chi connectivity index (χ1v) is 7.26. The van der Waals surface area contributed by atoms with Crippen molar-refractivity contribution in [2.24, 2.45) is 5.41 Å². The number of aliphatic carboxylic acids is 1. The van der Waals surface area contributed by atoms with Gasteiger partial charge in [0.05, 0.1) is 0 Å². The fourth-order valence-electron chi connectivity index (χ4n) is 2.64. The minimum Gasteiger partial charge on any atom is -0.481 e. The van der Waals surface area contributed by atoms with Gasteiger partial charge < -0.3 is 15.3 Å². The van der Waals surface area contributed by atoms with Crippen molar-refractivity contribution in [2.45, 2.75) is 57.9 Å². The maximum Gasteiger partial charge on any atom is 0.317 e. The van der Waals surface area contributed by atoms with E-state index >= 15 is 0 Å². The van der Waals surface area contributed by atoms with Crippen molar-refractivity contribution >= 4 is 12.0 Å². The maximum atomic E-state index is 12.2. The molecule has 0 spiro atoms. The number of urea groups is 1. The molecule has 19 heavy (non-hydrogen) atoms. The van der Waals surface area contributed by atoms with Crippen LogP contribution in [0.25, 0.3) is 0 Å². The van der Waals surface area contributed by atoms with Crippen molar-refractivity contribution in [1.29, 1.82) is 0 Å². The van der Waals surface area contributed by atoms with Gasteiger partial charge in [-0.05, 0) is 43.9 Å². The number of nitrogens with zero attached hydrogens (tertiary/aromatic N) is 1. The molecular formula is C14H24N2O3. The fraction of sp³-hybridized carbons (Fsp3) is 0.857. The van der Waals surface area contributed by atoms with Gasteiger partial charge >= 0.3 is 12.0 Å². The van der Waals surface area contributed by atoms with Crippen LogP contribution in [0.2, 0.25) is 0 Å². The third-order valence-corrected chi connectivity index (χ3v) is 4.35. The van der Waals surface area contributed by atoms with Crippen molar-refractivity contribution in [1.82, 2.24) is 10.2 Å². The zero-order chi connectivity index (χ0) is 13.9. The second-order valence-electron chi connectivity index (χ2n) is 6.24. The van der Waals surface area contributed by atoms with Crippen LogP contribution in [0, 0.1) is 5.41 Å². The Bertz CT molecular complexity index is 353. The first-order chi connectivity index (χ1) is 9.00. The van der Waals surface area contributed by atoms with E-state index in [1.165, 1.54) is 12.8 Å². The van der Waals surface area contributed by atoms with Crippen molar-refractivity contribution < 1.29 is 14.7 Å². The molecule has 2 amide bonds. The maximum absolute atomic E-state index is 12.2. The number of hydrogen-bond acceptors (Lipinski definition) is 2. The van der Waals surface area contributed by atoms with Crippen LogP contribution < -0.4 is 5.32 Å². The number of carbonyl (C=O) groups is 2. The molecule has 2 fully saturated rings. The molecule has 0 aromatic carbocycles. The van der Waals surface area contributed by atoms with Crippen LogP contribution in [-0.4, -0.2) is 41.1 Å². The Kier molecular flexibility index (Phi) is 4.32. The van der Waals surface area contributed by atoms with Crippen molar-refractivity contribution in [3.8, 4) is 0 Å². The Hall–Kier alpha value is -1.26. The standard InChI is InChI=1S/C14H24N2O3/c1-14(7-8-14)10-15-13(19)16-9-3-2-4-11(16)5-6-12(17)18/h11H,2-10H2,1H3,(H,15,19)(H,17,18). The number of likely N-dealkylation sites (tertiary alicyclic amines) is 1. The molecule has 2 rings (SSSR count). The largest absolute Gasteiger partial charge is 0.481 e. The lowest BCUT2D eigenvalue weighted by atomic mass is 9.98. The van der Waals surface area contributed by atoms with E-state index in [9.17, 15) is 9.59 Å². The number of carboxylic acid groups (broad SMARTS) is 1. The summed E-state index contributed by atoms with van der Waals surface area (Å²) < 4.78 is 0. The number of carbonyl (C=O) groups excluding carboxylic acids is 1. The summed E-state index contributed by atoms with van der Waals surface area (Å²) in [5.41, 5.74) is 0.308. The molecule has 2 aliphatic rings. The Morgan fingerprint density at radius 3 is 2.74 bits per heavy atom. The van der Waals surface area contributed by atoms with E-state index < -0.39 is 5.97 Å². The Labute approximate surface area is 114 Å². The summed E-state index contributed by atoms with van der Waals surface area (Å²) in [6.45, 7) is 3.69. The highest BCUT2D eigenvalue weighted by atomic mass is 16.4. The van der Waals surface area contributed by atoms with Gasteiger partial charge in [-0.3, -0.25) is 4.79 Å². The van der Waals surface area contributed by atoms with E-state index in [2.05, 4.69) is 12.2 Å². The van der Waals surface area contributed by atoms with Crippen molar-refractivity contribution in [2.75, 3.05) is 13.1 Å². The number of carboxylic acids is 1. The Morgan fingerprint density at radius 2 is 2.11 bits per heavy atom. The van der Waals surface area contributed by atoms with E-state index in [1.807, 2.05) is 4.90 Å². The summed E-state index contributed by atoms with van der Waals surface area (Å²) in [6, 6.07) is 0.0834. The van der Waals surface area contributed by atoms with Crippen LogP contribution in [0.5, 0.6) is 0 Å².